The van der Waals surface area contributed by atoms with E-state index < -0.39 is 0 Å². The molecule has 0 amide bonds. The van der Waals surface area contributed by atoms with Crippen LogP contribution in [0.15, 0.2) is 95.5 Å². The zero-order chi connectivity index (χ0) is 26.5. The maximum Gasteiger partial charge on any atom is 0.175 e. The lowest BCUT2D eigenvalue weighted by molar-refractivity contribution is 0.130. The second kappa shape index (κ2) is 12.1. The molecular formula is C33H34BrNO3. The Labute approximate surface area is 234 Å². The Bertz CT molecular complexity index is 1340. The molecule has 0 saturated carbocycles. The van der Waals surface area contributed by atoms with Gasteiger partial charge in [0.25, 0.3) is 0 Å². The third kappa shape index (κ3) is 5.59. The van der Waals surface area contributed by atoms with Crippen LogP contribution in [0.25, 0.3) is 0 Å². The average Bonchev–Trinajstić information content (AvgIpc) is 2.97. The summed E-state index contributed by atoms with van der Waals surface area (Å²) < 4.78 is 18.5. The summed E-state index contributed by atoms with van der Waals surface area (Å²) >= 11 is 3.91. The third-order valence-corrected chi connectivity index (χ3v) is 8.28. The van der Waals surface area contributed by atoms with Crippen LogP contribution in [0.3, 0.4) is 0 Å². The van der Waals surface area contributed by atoms with Gasteiger partial charge in [0.15, 0.2) is 11.5 Å². The lowest BCUT2D eigenvalue weighted by atomic mass is 9.86. The second-order valence-corrected chi connectivity index (χ2v) is 10.5. The van der Waals surface area contributed by atoms with E-state index >= 15 is 0 Å². The lowest BCUT2D eigenvalue weighted by Crippen LogP contribution is -2.38. The quantitative estimate of drug-likeness (QED) is 0.204. The van der Waals surface area contributed by atoms with Gasteiger partial charge in [0.2, 0.25) is 0 Å². The molecule has 196 valence electrons. The molecule has 0 saturated heterocycles. The van der Waals surface area contributed by atoms with Crippen LogP contribution in [-0.4, -0.2) is 25.7 Å². The van der Waals surface area contributed by atoms with Gasteiger partial charge in [-0.15, -0.1) is 0 Å². The van der Waals surface area contributed by atoms with Gasteiger partial charge in [-0.05, 0) is 81.7 Å². The molecule has 0 spiro atoms. The summed E-state index contributed by atoms with van der Waals surface area (Å²) in [4.78, 5) is 2.62. The number of halogens is 1. The van der Waals surface area contributed by atoms with Crippen LogP contribution in [0.1, 0.15) is 46.8 Å². The number of hydrogen-bond acceptors (Lipinski definition) is 4. The summed E-state index contributed by atoms with van der Waals surface area (Å²) in [5, 5.41) is 0. The molecule has 0 aromatic heterocycles. The van der Waals surface area contributed by atoms with Gasteiger partial charge in [0.05, 0.1) is 18.7 Å². The Kier molecular flexibility index (Phi) is 8.35. The van der Waals surface area contributed by atoms with E-state index in [-0.39, 0.29) is 12.1 Å². The Morgan fingerprint density at radius 2 is 1.55 bits per heavy atom. The Hall–Kier alpha value is -3.28. The molecule has 1 heterocycles. The maximum atomic E-state index is 6.04. The molecule has 0 aliphatic carbocycles. The van der Waals surface area contributed by atoms with E-state index in [2.05, 4.69) is 101 Å². The highest BCUT2D eigenvalue weighted by Gasteiger charge is 2.35. The molecule has 1 aliphatic rings. The van der Waals surface area contributed by atoms with E-state index in [9.17, 15) is 0 Å². The molecule has 0 bridgehead atoms. The molecule has 0 N–H and O–H groups in total. The molecule has 0 fully saturated rings. The number of fused-ring (bicyclic) bond motifs is 1. The molecule has 5 heteroatoms. The predicted molar refractivity (Wildman–Crippen MR) is 156 cm³/mol. The van der Waals surface area contributed by atoms with Crippen LogP contribution in [-0.2, 0) is 19.4 Å². The number of nitrogens with zero attached hydrogens (tertiary/aromatic N) is 1. The van der Waals surface area contributed by atoms with Gasteiger partial charge < -0.3 is 14.2 Å². The fourth-order valence-electron chi connectivity index (χ4n) is 5.44. The minimum atomic E-state index is 0.166. The van der Waals surface area contributed by atoms with Crippen molar-refractivity contribution in [3.05, 3.63) is 123 Å². The zero-order valence-electron chi connectivity index (χ0n) is 22.2. The van der Waals surface area contributed by atoms with E-state index in [4.69, 9.17) is 14.2 Å². The van der Waals surface area contributed by atoms with Crippen molar-refractivity contribution in [2.45, 2.75) is 38.5 Å². The predicted octanol–water partition coefficient (Wildman–Crippen LogP) is 7.95. The van der Waals surface area contributed by atoms with Crippen molar-refractivity contribution in [3.63, 3.8) is 0 Å². The molecule has 4 nitrogen and oxygen atoms in total. The molecule has 2 atom stereocenters. The van der Waals surface area contributed by atoms with E-state index in [0.717, 1.165) is 46.7 Å². The first-order chi connectivity index (χ1) is 18.6. The van der Waals surface area contributed by atoms with E-state index in [1.807, 2.05) is 18.2 Å². The molecule has 0 radical (unpaired) electrons. The minimum absolute atomic E-state index is 0.166. The van der Waals surface area contributed by atoms with Crippen molar-refractivity contribution >= 4 is 15.9 Å². The molecular weight excluding hydrogens is 538 g/mol. The first-order valence-electron chi connectivity index (χ1n) is 13.1. The topological polar surface area (TPSA) is 30.9 Å². The first-order valence-corrected chi connectivity index (χ1v) is 13.9. The number of ether oxygens (including phenoxy) is 3. The molecule has 1 aliphatic heterocycles. The summed E-state index contributed by atoms with van der Waals surface area (Å²) in [6.45, 7) is 3.84. The SMILES string of the molecule is COc1cc2c(c(Br)c1OC)[C@H](Cc1ccc(OCc3ccccc3)cc1)N([C@@H](C)c1ccccc1)CC2. The lowest BCUT2D eigenvalue weighted by Gasteiger charge is -2.42. The van der Waals surface area contributed by atoms with Gasteiger partial charge in [-0.25, -0.2) is 0 Å². The van der Waals surface area contributed by atoms with Gasteiger partial charge in [0.1, 0.15) is 12.4 Å². The largest absolute Gasteiger partial charge is 0.493 e. The second-order valence-electron chi connectivity index (χ2n) is 9.71. The molecule has 4 aromatic carbocycles. The van der Waals surface area contributed by atoms with Crippen LogP contribution < -0.4 is 14.2 Å². The number of rotatable bonds is 9. The first kappa shape index (κ1) is 26.3. The van der Waals surface area contributed by atoms with Gasteiger partial charge in [0, 0.05) is 18.6 Å². The van der Waals surface area contributed by atoms with Crippen LogP contribution in [0, 0.1) is 0 Å². The standard InChI is InChI=1S/C33H34BrNO3/c1-23(26-12-8-5-9-13-26)35-19-18-27-21-30(36-2)33(37-3)32(34)31(27)29(35)20-24-14-16-28(17-15-24)38-22-25-10-6-4-7-11-25/h4-17,21,23,29H,18-20,22H2,1-3H3/t23-,29-/m0/s1. The third-order valence-electron chi connectivity index (χ3n) is 7.49. The maximum absolute atomic E-state index is 6.04. The summed E-state index contributed by atoms with van der Waals surface area (Å²) in [5.41, 5.74) is 6.33. The number of methoxy groups -OCH3 is 2. The highest BCUT2D eigenvalue weighted by Crippen LogP contribution is 2.48. The molecule has 38 heavy (non-hydrogen) atoms. The van der Waals surface area contributed by atoms with Crippen molar-refractivity contribution in [1.29, 1.82) is 0 Å². The van der Waals surface area contributed by atoms with Crippen molar-refractivity contribution < 1.29 is 14.2 Å². The summed E-state index contributed by atoms with van der Waals surface area (Å²) in [6, 6.07) is 32.1. The van der Waals surface area contributed by atoms with E-state index in [1.165, 1.54) is 22.3 Å². The molecule has 0 unspecified atom stereocenters. The highest BCUT2D eigenvalue weighted by atomic mass is 79.9. The van der Waals surface area contributed by atoms with Crippen molar-refractivity contribution in [2.24, 2.45) is 0 Å². The highest BCUT2D eigenvalue weighted by molar-refractivity contribution is 9.10. The van der Waals surface area contributed by atoms with Gasteiger partial charge in [-0.1, -0.05) is 72.8 Å². The van der Waals surface area contributed by atoms with Gasteiger partial charge >= 0.3 is 0 Å². The van der Waals surface area contributed by atoms with Crippen molar-refractivity contribution in [3.8, 4) is 17.2 Å². The smallest absolute Gasteiger partial charge is 0.175 e. The summed E-state index contributed by atoms with van der Waals surface area (Å²) in [5.74, 6) is 2.39. The zero-order valence-corrected chi connectivity index (χ0v) is 23.8. The summed E-state index contributed by atoms with van der Waals surface area (Å²) in [6.07, 6.45) is 1.82. The van der Waals surface area contributed by atoms with E-state index in [0.29, 0.717) is 6.61 Å². The van der Waals surface area contributed by atoms with Crippen LogP contribution in [0.5, 0.6) is 17.2 Å². The fraction of sp³-hybridized carbons (Fsp3) is 0.273. The average molecular weight is 573 g/mol. The van der Waals surface area contributed by atoms with Crippen LogP contribution in [0.4, 0.5) is 0 Å². The van der Waals surface area contributed by atoms with Crippen LogP contribution >= 0.6 is 15.9 Å². The number of benzene rings is 4. The molecule has 5 rings (SSSR count). The monoisotopic (exact) mass is 571 g/mol. The Balaban J connectivity index is 1.45. The molecule has 4 aromatic rings. The normalized spacial score (nSPS) is 15.9. The van der Waals surface area contributed by atoms with Gasteiger partial charge in [-0.2, -0.15) is 0 Å². The number of hydrogen-bond donors (Lipinski definition) is 0. The van der Waals surface area contributed by atoms with Crippen molar-refractivity contribution in [2.75, 3.05) is 20.8 Å². The fourth-order valence-corrected chi connectivity index (χ4v) is 6.32. The Morgan fingerprint density at radius 1 is 0.868 bits per heavy atom. The summed E-state index contributed by atoms with van der Waals surface area (Å²) in [7, 11) is 3.40. The van der Waals surface area contributed by atoms with Gasteiger partial charge in [-0.3, -0.25) is 4.90 Å². The minimum Gasteiger partial charge on any atom is -0.493 e. The van der Waals surface area contributed by atoms with Crippen LogP contribution in [0.2, 0.25) is 0 Å². The van der Waals surface area contributed by atoms with E-state index in [1.54, 1.807) is 14.2 Å². The van der Waals surface area contributed by atoms with Crippen molar-refractivity contribution in [1.82, 2.24) is 4.90 Å². The Morgan fingerprint density at radius 3 is 2.21 bits per heavy atom.